The van der Waals surface area contributed by atoms with Gasteiger partial charge in [-0.05, 0) is 6.92 Å². The van der Waals surface area contributed by atoms with Crippen molar-refractivity contribution in [3.05, 3.63) is 0 Å². The van der Waals surface area contributed by atoms with E-state index in [0.717, 1.165) is 13.0 Å². The molecule has 2 rings (SSSR count). The minimum atomic E-state index is -0.657. The molecule has 2 saturated heterocycles. The summed E-state index contributed by atoms with van der Waals surface area (Å²) in [5.41, 5.74) is -0.657. The van der Waals surface area contributed by atoms with Gasteiger partial charge in [-0.25, -0.2) is 4.79 Å². The van der Waals surface area contributed by atoms with E-state index in [1.807, 2.05) is 6.92 Å². The number of carbonyl (C=O) groups excluding carboxylic acids is 2. The summed E-state index contributed by atoms with van der Waals surface area (Å²) < 4.78 is 0. The van der Waals surface area contributed by atoms with Crippen LogP contribution in [0.5, 0.6) is 0 Å². The number of nitrogens with one attached hydrogen (secondary N) is 3. The van der Waals surface area contributed by atoms with E-state index in [1.54, 1.807) is 0 Å². The van der Waals surface area contributed by atoms with E-state index >= 15 is 0 Å². The molecule has 0 saturated carbocycles. The lowest BCUT2D eigenvalue weighted by atomic mass is 9.76. The van der Waals surface area contributed by atoms with Gasteiger partial charge in [-0.3, -0.25) is 10.1 Å². The van der Waals surface area contributed by atoms with E-state index in [1.165, 1.54) is 4.90 Å². The lowest BCUT2D eigenvalue weighted by Gasteiger charge is -2.42. The molecule has 0 radical (unpaired) electrons. The fourth-order valence-electron chi connectivity index (χ4n) is 2.71. The number of urea groups is 1. The molecule has 0 aromatic rings. The van der Waals surface area contributed by atoms with E-state index in [4.69, 9.17) is 0 Å². The highest BCUT2D eigenvalue weighted by atomic mass is 16.2. The van der Waals surface area contributed by atoms with Gasteiger partial charge in [0.1, 0.15) is 5.54 Å². The lowest BCUT2D eigenvalue weighted by Crippen LogP contribution is -3.15. The highest BCUT2D eigenvalue weighted by Crippen LogP contribution is 2.27. The van der Waals surface area contributed by atoms with Crippen molar-refractivity contribution in [2.75, 3.05) is 13.6 Å². The first-order chi connectivity index (χ1) is 6.95. The maximum Gasteiger partial charge on any atom is 0.322 e. The van der Waals surface area contributed by atoms with Crippen molar-refractivity contribution in [3.63, 3.8) is 0 Å². The second-order valence-corrected chi connectivity index (χ2v) is 4.94. The van der Waals surface area contributed by atoms with E-state index in [-0.39, 0.29) is 17.9 Å². The summed E-state index contributed by atoms with van der Waals surface area (Å²) in [5.74, 6) is 0.0273. The molecule has 3 N–H and O–H groups in total. The SMILES string of the molecule is C[C@@H]1C[C@]2(NC(=O)NC2=O)[C@H](C)C[NH+]1C. The smallest absolute Gasteiger partial charge is 0.322 e. The number of carbonyl (C=O) groups is 2. The first-order valence-electron chi connectivity index (χ1n) is 5.41. The molecule has 2 fully saturated rings. The Morgan fingerprint density at radius 3 is 2.60 bits per heavy atom. The minimum Gasteiger partial charge on any atom is -0.335 e. The zero-order valence-electron chi connectivity index (χ0n) is 9.39. The standard InChI is InChI=1S/C10H17N3O2/c1-6-5-13(3)7(2)4-10(6)8(14)11-9(15)12-10/h6-7H,4-5H2,1-3H3,(H2,11,12,14,15)/p+1/t6-,7-,10+/m1/s1. The molecule has 4 atom stereocenters. The Bertz CT molecular complexity index is 318. The van der Waals surface area contributed by atoms with Gasteiger partial charge in [0, 0.05) is 12.3 Å². The van der Waals surface area contributed by atoms with E-state index in [2.05, 4.69) is 24.6 Å². The molecule has 5 nitrogen and oxygen atoms in total. The van der Waals surface area contributed by atoms with E-state index in [9.17, 15) is 9.59 Å². The van der Waals surface area contributed by atoms with Crippen LogP contribution in [0.3, 0.4) is 0 Å². The van der Waals surface area contributed by atoms with E-state index in [0.29, 0.717) is 6.04 Å². The molecular weight excluding hydrogens is 194 g/mol. The average Bonchev–Trinajstić information content (AvgIpc) is 2.40. The molecule has 1 unspecified atom stereocenters. The predicted molar refractivity (Wildman–Crippen MR) is 54.4 cm³/mol. The second-order valence-electron chi connectivity index (χ2n) is 4.94. The Balaban J connectivity index is 2.27. The highest BCUT2D eigenvalue weighted by molar-refractivity contribution is 6.07. The zero-order valence-corrected chi connectivity index (χ0v) is 9.39. The largest absolute Gasteiger partial charge is 0.335 e. The normalized spacial score (nSPS) is 45.4. The van der Waals surface area contributed by atoms with Crippen LogP contribution >= 0.6 is 0 Å². The molecule has 2 aliphatic heterocycles. The van der Waals surface area contributed by atoms with Gasteiger partial charge in [0.2, 0.25) is 0 Å². The fraction of sp³-hybridized carbons (Fsp3) is 0.800. The van der Waals surface area contributed by atoms with Gasteiger partial charge in [0.25, 0.3) is 5.91 Å². The van der Waals surface area contributed by atoms with Crippen LogP contribution in [0.1, 0.15) is 20.3 Å². The summed E-state index contributed by atoms with van der Waals surface area (Å²) in [6.07, 6.45) is 0.720. The molecule has 3 amide bonds. The first-order valence-corrected chi connectivity index (χ1v) is 5.41. The molecule has 15 heavy (non-hydrogen) atoms. The number of piperidine rings is 1. The molecule has 1 spiro atoms. The van der Waals surface area contributed by atoms with Crippen LogP contribution in [0.4, 0.5) is 4.79 Å². The first kappa shape index (κ1) is 10.4. The summed E-state index contributed by atoms with van der Waals surface area (Å²) >= 11 is 0. The third-order valence-corrected chi connectivity index (χ3v) is 3.91. The molecule has 5 heteroatoms. The van der Waals surface area contributed by atoms with Crippen molar-refractivity contribution in [1.82, 2.24) is 10.6 Å². The van der Waals surface area contributed by atoms with Crippen molar-refractivity contribution in [2.45, 2.75) is 31.8 Å². The molecule has 0 bridgehead atoms. The number of amides is 3. The molecular formula is C10H18N3O2+. The Morgan fingerprint density at radius 2 is 2.07 bits per heavy atom. The van der Waals surface area contributed by atoms with Gasteiger partial charge in [0.15, 0.2) is 0 Å². The number of rotatable bonds is 0. The number of quaternary nitrogens is 1. The van der Waals surface area contributed by atoms with Crippen LogP contribution in [0.15, 0.2) is 0 Å². The average molecular weight is 212 g/mol. The molecule has 0 aromatic carbocycles. The van der Waals surface area contributed by atoms with Crippen LogP contribution in [-0.2, 0) is 4.79 Å². The maximum atomic E-state index is 11.8. The van der Waals surface area contributed by atoms with Crippen LogP contribution in [0, 0.1) is 5.92 Å². The second kappa shape index (κ2) is 3.20. The number of hydrogen-bond acceptors (Lipinski definition) is 2. The summed E-state index contributed by atoms with van der Waals surface area (Å²) in [5, 5.41) is 5.15. The van der Waals surface area contributed by atoms with Crippen molar-refractivity contribution in [3.8, 4) is 0 Å². The van der Waals surface area contributed by atoms with Crippen LogP contribution in [-0.4, -0.2) is 37.1 Å². The van der Waals surface area contributed by atoms with Crippen molar-refractivity contribution < 1.29 is 14.5 Å². The summed E-state index contributed by atoms with van der Waals surface area (Å²) in [6, 6.07) is 0.0453. The molecule has 0 aromatic heterocycles. The topological polar surface area (TPSA) is 62.6 Å². The van der Waals surface area contributed by atoms with Gasteiger partial charge in [-0.1, -0.05) is 6.92 Å². The Morgan fingerprint density at radius 1 is 1.40 bits per heavy atom. The molecule has 2 heterocycles. The minimum absolute atomic E-state index is 0.153. The third kappa shape index (κ3) is 1.42. The molecule has 84 valence electrons. The third-order valence-electron chi connectivity index (χ3n) is 3.91. The van der Waals surface area contributed by atoms with Gasteiger partial charge < -0.3 is 10.2 Å². The van der Waals surface area contributed by atoms with Gasteiger partial charge >= 0.3 is 6.03 Å². The summed E-state index contributed by atoms with van der Waals surface area (Å²) in [7, 11) is 2.13. The Hall–Kier alpha value is -1.10. The summed E-state index contributed by atoms with van der Waals surface area (Å²) in [4.78, 5) is 24.4. The van der Waals surface area contributed by atoms with Crippen molar-refractivity contribution >= 4 is 11.9 Å². The molecule has 0 aliphatic carbocycles. The fourth-order valence-corrected chi connectivity index (χ4v) is 2.71. The van der Waals surface area contributed by atoms with Gasteiger partial charge in [-0.2, -0.15) is 0 Å². The number of imide groups is 1. The lowest BCUT2D eigenvalue weighted by molar-refractivity contribution is -0.914. The van der Waals surface area contributed by atoms with Crippen molar-refractivity contribution in [1.29, 1.82) is 0 Å². The van der Waals surface area contributed by atoms with Gasteiger partial charge in [-0.15, -0.1) is 0 Å². The Labute approximate surface area is 89.2 Å². The Kier molecular flexibility index (Phi) is 2.22. The number of hydrogen-bond donors (Lipinski definition) is 3. The van der Waals surface area contributed by atoms with E-state index < -0.39 is 5.54 Å². The van der Waals surface area contributed by atoms with Gasteiger partial charge in [0.05, 0.1) is 19.6 Å². The quantitative estimate of drug-likeness (QED) is 0.428. The number of likely N-dealkylation sites (tertiary alicyclic amines) is 1. The molecule has 2 aliphatic rings. The van der Waals surface area contributed by atoms with Crippen LogP contribution in [0.25, 0.3) is 0 Å². The summed E-state index contributed by atoms with van der Waals surface area (Å²) in [6.45, 7) is 5.05. The zero-order chi connectivity index (χ0) is 11.2. The van der Waals surface area contributed by atoms with Crippen molar-refractivity contribution in [2.24, 2.45) is 5.92 Å². The monoisotopic (exact) mass is 212 g/mol. The predicted octanol–water partition coefficient (Wildman–Crippen LogP) is -1.49. The van der Waals surface area contributed by atoms with Crippen LogP contribution < -0.4 is 15.5 Å². The highest BCUT2D eigenvalue weighted by Gasteiger charge is 2.55. The van der Waals surface area contributed by atoms with Crippen LogP contribution in [0.2, 0.25) is 0 Å². The maximum absolute atomic E-state index is 11.8.